The van der Waals surface area contributed by atoms with E-state index in [-0.39, 0.29) is 15.7 Å². The van der Waals surface area contributed by atoms with Gasteiger partial charge in [-0.05, 0) is 22.0 Å². The van der Waals surface area contributed by atoms with Crippen LogP contribution in [0.25, 0.3) is 0 Å². The summed E-state index contributed by atoms with van der Waals surface area (Å²) in [5, 5.41) is 3.88. The third-order valence-corrected chi connectivity index (χ3v) is 4.10. The summed E-state index contributed by atoms with van der Waals surface area (Å²) in [6, 6.07) is 1.53. The van der Waals surface area contributed by atoms with Crippen molar-refractivity contribution in [3.05, 3.63) is 34.3 Å². The van der Waals surface area contributed by atoms with Crippen LogP contribution in [-0.2, 0) is 17.1 Å². The van der Waals surface area contributed by atoms with Crippen LogP contribution < -0.4 is 4.72 Å². The summed E-state index contributed by atoms with van der Waals surface area (Å²) in [6.45, 7) is 0. The third kappa shape index (κ3) is 2.82. The van der Waals surface area contributed by atoms with E-state index in [1.165, 1.54) is 29.3 Å². The van der Waals surface area contributed by atoms with Gasteiger partial charge in [0.1, 0.15) is 4.90 Å². The molecule has 0 spiro atoms. The van der Waals surface area contributed by atoms with Gasteiger partial charge in [-0.1, -0.05) is 11.6 Å². The van der Waals surface area contributed by atoms with Crippen LogP contribution in [0.5, 0.6) is 0 Å². The zero-order valence-corrected chi connectivity index (χ0v) is 12.3. The monoisotopic (exact) mass is 350 g/mol. The Morgan fingerprint density at radius 2 is 2.17 bits per heavy atom. The van der Waals surface area contributed by atoms with E-state index in [0.717, 1.165) is 0 Å². The standard InChI is InChI=1S/C9H8BrClN4O2S/c1-15-5-7(4-13-15)18(16,17)14-8-2-6(10)3-12-9(8)11/h2-5,14H,1H3. The minimum atomic E-state index is -3.71. The molecule has 9 heteroatoms. The second kappa shape index (κ2) is 4.87. The number of hydrogen-bond donors (Lipinski definition) is 1. The molecule has 0 fully saturated rings. The number of halogens is 2. The predicted molar refractivity (Wildman–Crippen MR) is 71.0 cm³/mol. The molecule has 0 radical (unpaired) electrons. The maximum atomic E-state index is 12.0. The molecule has 6 nitrogen and oxygen atoms in total. The molecule has 0 unspecified atom stereocenters. The highest BCUT2D eigenvalue weighted by Gasteiger charge is 2.18. The van der Waals surface area contributed by atoms with Crippen molar-refractivity contribution >= 4 is 43.2 Å². The Hall–Kier alpha value is -1.12. The van der Waals surface area contributed by atoms with Crippen LogP contribution in [0.2, 0.25) is 5.15 Å². The first kappa shape index (κ1) is 13.3. The first-order valence-corrected chi connectivity index (χ1v) is 7.36. The first-order valence-electron chi connectivity index (χ1n) is 4.71. The molecule has 96 valence electrons. The molecule has 0 saturated heterocycles. The highest BCUT2D eigenvalue weighted by molar-refractivity contribution is 9.10. The topological polar surface area (TPSA) is 76.9 Å². The van der Waals surface area contributed by atoms with Gasteiger partial charge in [-0.25, -0.2) is 13.4 Å². The average molecular weight is 352 g/mol. The Labute approximate surface area is 117 Å². The van der Waals surface area contributed by atoms with Crippen molar-refractivity contribution in [2.75, 3.05) is 4.72 Å². The first-order chi connectivity index (χ1) is 8.38. The molecule has 2 rings (SSSR count). The van der Waals surface area contributed by atoms with E-state index in [1.54, 1.807) is 7.05 Å². The molecule has 1 N–H and O–H groups in total. The van der Waals surface area contributed by atoms with Crippen LogP contribution >= 0.6 is 27.5 Å². The fraction of sp³-hybridized carbons (Fsp3) is 0.111. The van der Waals surface area contributed by atoms with Crippen molar-refractivity contribution in [1.29, 1.82) is 0 Å². The number of sulfonamides is 1. The maximum absolute atomic E-state index is 12.0. The molecular weight excluding hydrogens is 344 g/mol. The minimum Gasteiger partial charge on any atom is -0.276 e. The van der Waals surface area contributed by atoms with Crippen molar-refractivity contribution in [2.24, 2.45) is 7.05 Å². The molecule has 0 saturated carbocycles. The summed E-state index contributed by atoms with van der Waals surface area (Å²) < 4.78 is 28.4. The van der Waals surface area contributed by atoms with Gasteiger partial charge in [0.2, 0.25) is 0 Å². The third-order valence-electron chi connectivity index (χ3n) is 2.04. The fourth-order valence-electron chi connectivity index (χ4n) is 1.24. The molecule has 18 heavy (non-hydrogen) atoms. The van der Waals surface area contributed by atoms with E-state index in [4.69, 9.17) is 11.6 Å². The van der Waals surface area contributed by atoms with Crippen LogP contribution in [0.1, 0.15) is 0 Å². The van der Waals surface area contributed by atoms with Gasteiger partial charge >= 0.3 is 0 Å². The number of aryl methyl sites for hydroxylation is 1. The Kier molecular flexibility index (Phi) is 3.60. The molecule has 0 aromatic carbocycles. The summed E-state index contributed by atoms with van der Waals surface area (Å²) >= 11 is 9.01. The second-order valence-corrected chi connectivity index (χ2v) is 6.40. The molecule has 0 atom stereocenters. The molecular formula is C9H8BrClN4O2S. The van der Waals surface area contributed by atoms with Crippen LogP contribution in [0.15, 0.2) is 34.0 Å². The fourth-order valence-corrected chi connectivity index (χ4v) is 2.81. The number of hydrogen-bond acceptors (Lipinski definition) is 4. The van der Waals surface area contributed by atoms with Crippen LogP contribution in [0, 0.1) is 0 Å². The maximum Gasteiger partial charge on any atom is 0.265 e. The molecule has 0 aliphatic rings. The van der Waals surface area contributed by atoms with Crippen molar-refractivity contribution in [3.8, 4) is 0 Å². The lowest BCUT2D eigenvalue weighted by Crippen LogP contribution is -2.13. The summed E-state index contributed by atoms with van der Waals surface area (Å²) in [4.78, 5) is 3.89. The molecule has 0 amide bonds. The quantitative estimate of drug-likeness (QED) is 0.858. The second-order valence-electron chi connectivity index (χ2n) is 3.45. The minimum absolute atomic E-state index is 0.0565. The predicted octanol–water partition coefficient (Wildman–Crippen LogP) is 2.03. The number of nitrogens with zero attached hydrogens (tertiary/aromatic N) is 3. The van der Waals surface area contributed by atoms with Gasteiger partial charge in [0.15, 0.2) is 5.15 Å². The number of aromatic nitrogens is 3. The number of rotatable bonds is 3. The van der Waals surface area contributed by atoms with E-state index in [2.05, 4.69) is 30.7 Å². The van der Waals surface area contributed by atoms with Gasteiger partial charge < -0.3 is 0 Å². The largest absolute Gasteiger partial charge is 0.276 e. The van der Waals surface area contributed by atoms with Gasteiger partial charge in [-0.15, -0.1) is 0 Å². The molecule has 2 aromatic rings. The van der Waals surface area contributed by atoms with Crippen LogP contribution in [-0.4, -0.2) is 23.2 Å². The highest BCUT2D eigenvalue weighted by atomic mass is 79.9. The van der Waals surface area contributed by atoms with Gasteiger partial charge in [-0.3, -0.25) is 9.40 Å². The van der Waals surface area contributed by atoms with E-state index < -0.39 is 10.0 Å². The normalized spacial score (nSPS) is 11.5. The molecule has 0 aliphatic carbocycles. The van der Waals surface area contributed by atoms with Gasteiger partial charge in [0, 0.05) is 23.9 Å². The number of pyridine rings is 1. The molecule has 0 aliphatic heterocycles. The lowest BCUT2D eigenvalue weighted by Gasteiger charge is -2.07. The number of anilines is 1. The Morgan fingerprint density at radius 1 is 1.44 bits per heavy atom. The van der Waals surface area contributed by atoms with Gasteiger partial charge in [-0.2, -0.15) is 5.10 Å². The van der Waals surface area contributed by atoms with E-state index in [0.29, 0.717) is 4.47 Å². The summed E-state index contributed by atoms with van der Waals surface area (Å²) in [6.07, 6.45) is 4.12. The lowest BCUT2D eigenvalue weighted by atomic mass is 10.4. The molecule has 0 bridgehead atoms. The Morgan fingerprint density at radius 3 is 2.78 bits per heavy atom. The zero-order valence-electron chi connectivity index (χ0n) is 9.13. The van der Waals surface area contributed by atoms with Crippen molar-refractivity contribution in [1.82, 2.24) is 14.8 Å². The van der Waals surface area contributed by atoms with Crippen molar-refractivity contribution in [2.45, 2.75) is 4.90 Å². The summed E-state index contributed by atoms with van der Waals surface area (Å²) in [5.74, 6) is 0. The number of nitrogens with one attached hydrogen (secondary N) is 1. The van der Waals surface area contributed by atoms with Crippen LogP contribution in [0.4, 0.5) is 5.69 Å². The van der Waals surface area contributed by atoms with E-state index in [9.17, 15) is 8.42 Å². The van der Waals surface area contributed by atoms with E-state index in [1.807, 2.05) is 0 Å². The zero-order chi connectivity index (χ0) is 13.3. The smallest absolute Gasteiger partial charge is 0.265 e. The SMILES string of the molecule is Cn1cc(S(=O)(=O)Nc2cc(Br)cnc2Cl)cn1. The Bertz CT molecular complexity index is 686. The van der Waals surface area contributed by atoms with Gasteiger partial charge in [0.05, 0.1) is 11.9 Å². The van der Waals surface area contributed by atoms with Crippen LogP contribution in [0.3, 0.4) is 0 Å². The van der Waals surface area contributed by atoms with Crippen molar-refractivity contribution in [3.63, 3.8) is 0 Å². The van der Waals surface area contributed by atoms with Gasteiger partial charge in [0.25, 0.3) is 10.0 Å². The average Bonchev–Trinajstić information content (AvgIpc) is 2.71. The lowest BCUT2D eigenvalue weighted by molar-refractivity contribution is 0.601. The molecule has 2 heterocycles. The van der Waals surface area contributed by atoms with Crippen molar-refractivity contribution < 1.29 is 8.42 Å². The Balaban J connectivity index is 2.36. The van der Waals surface area contributed by atoms with E-state index >= 15 is 0 Å². The summed E-state index contributed by atoms with van der Waals surface area (Å²) in [7, 11) is -2.08. The highest BCUT2D eigenvalue weighted by Crippen LogP contribution is 2.25. The molecule has 2 aromatic heterocycles. The summed E-state index contributed by atoms with van der Waals surface area (Å²) in [5.41, 5.74) is 0.204.